The largest absolute Gasteiger partial charge is 0.381 e. The molecule has 0 bridgehead atoms. The van der Waals surface area contributed by atoms with E-state index in [1.54, 1.807) is 0 Å². The van der Waals surface area contributed by atoms with Gasteiger partial charge in [-0.1, -0.05) is 18.6 Å². The van der Waals surface area contributed by atoms with Crippen LogP contribution < -0.4 is 0 Å². The van der Waals surface area contributed by atoms with Crippen LogP contribution in [0.2, 0.25) is 0 Å². The zero-order chi connectivity index (χ0) is 12.4. The van der Waals surface area contributed by atoms with Gasteiger partial charge >= 0.3 is 0 Å². The van der Waals surface area contributed by atoms with E-state index in [1.165, 1.54) is 30.5 Å². The number of aromatic amines is 1. The molecule has 1 aliphatic carbocycles. The molecule has 0 amide bonds. The number of ether oxygens (including phenoxy) is 1. The Morgan fingerprint density at radius 1 is 1.17 bits per heavy atom. The molecule has 1 aromatic heterocycles. The molecule has 3 nitrogen and oxygen atoms in total. The van der Waals surface area contributed by atoms with E-state index < -0.39 is 0 Å². The van der Waals surface area contributed by atoms with E-state index in [9.17, 15) is 0 Å². The highest BCUT2D eigenvalue weighted by molar-refractivity contribution is 7.71. The third-order valence-electron chi connectivity index (χ3n) is 4.02. The summed E-state index contributed by atoms with van der Waals surface area (Å²) in [5.41, 5.74) is 2.64. The van der Waals surface area contributed by atoms with Gasteiger partial charge in [-0.3, -0.25) is 0 Å². The first-order chi connectivity index (χ1) is 8.84. The third kappa shape index (κ3) is 2.50. The van der Waals surface area contributed by atoms with Crippen molar-refractivity contribution < 1.29 is 4.74 Å². The van der Waals surface area contributed by atoms with Gasteiger partial charge in [-0.15, -0.1) is 0 Å². The fourth-order valence-electron chi connectivity index (χ4n) is 2.97. The molecule has 1 aromatic rings. The second-order valence-corrected chi connectivity index (χ2v) is 5.75. The van der Waals surface area contributed by atoms with Gasteiger partial charge < -0.3 is 9.72 Å². The Morgan fingerprint density at radius 2 is 2.06 bits per heavy atom. The van der Waals surface area contributed by atoms with E-state index in [4.69, 9.17) is 17.0 Å². The van der Waals surface area contributed by atoms with E-state index in [0.29, 0.717) is 5.92 Å². The minimum atomic E-state index is 0.411. The molecule has 0 radical (unpaired) electrons. The maximum Gasteiger partial charge on any atom is 0.133 e. The first-order valence-corrected chi connectivity index (χ1v) is 7.45. The van der Waals surface area contributed by atoms with Crippen molar-refractivity contribution in [2.24, 2.45) is 0 Å². The molecular weight excluding hydrogens is 244 g/mol. The topological polar surface area (TPSA) is 37.9 Å². The summed E-state index contributed by atoms with van der Waals surface area (Å²) >= 11 is 5.48. The fraction of sp³-hybridized carbons (Fsp3) is 0.714. The number of aromatic nitrogens is 2. The van der Waals surface area contributed by atoms with Gasteiger partial charge in [-0.05, 0) is 38.5 Å². The smallest absolute Gasteiger partial charge is 0.133 e. The average molecular weight is 264 g/mol. The molecule has 0 saturated carbocycles. The number of aryl methyl sites for hydroxylation is 1. The molecule has 18 heavy (non-hydrogen) atoms. The lowest BCUT2D eigenvalue weighted by atomic mass is 10.0. The van der Waals surface area contributed by atoms with Gasteiger partial charge in [0, 0.05) is 23.8 Å². The summed E-state index contributed by atoms with van der Waals surface area (Å²) in [4.78, 5) is 8.19. The highest BCUT2D eigenvalue weighted by Crippen LogP contribution is 2.26. The molecular formula is C14H20N2OS. The lowest BCUT2D eigenvalue weighted by Gasteiger charge is -2.22. The Kier molecular flexibility index (Phi) is 3.75. The van der Waals surface area contributed by atoms with Crippen LogP contribution in [-0.4, -0.2) is 23.2 Å². The lowest BCUT2D eigenvalue weighted by Crippen LogP contribution is -2.19. The summed E-state index contributed by atoms with van der Waals surface area (Å²) in [7, 11) is 0. The average Bonchev–Trinajstić information content (AvgIpc) is 2.65. The SMILES string of the molecule is S=c1nc(C2CCCOC2)[nH]c2c1CCCCC2. The molecule has 3 rings (SSSR count). The van der Waals surface area contributed by atoms with E-state index in [1.807, 2.05) is 0 Å². The van der Waals surface area contributed by atoms with Crippen LogP contribution >= 0.6 is 12.2 Å². The van der Waals surface area contributed by atoms with Crippen LogP contribution in [0.25, 0.3) is 0 Å². The fourth-order valence-corrected chi connectivity index (χ4v) is 3.29. The minimum Gasteiger partial charge on any atom is -0.381 e. The molecule has 1 unspecified atom stereocenters. The predicted octanol–water partition coefficient (Wildman–Crippen LogP) is 3.30. The minimum absolute atomic E-state index is 0.411. The highest BCUT2D eigenvalue weighted by Gasteiger charge is 2.20. The second-order valence-electron chi connectivity index (χ2n) is 5.36. The van der Waals surface area contributed by atoms with Crippen molar-refractivity contribution in [1.82, 2.24) is 9.97 Å². The van der Waals surface area contributed by atoms with Gasteiger partial charge in [0.05, 0.1) is 6.61 Å². The van der Waals surface area contributed by atoms with Crippen LogP contribution in [0.5, 0.6) is 0 Å². The summed E-state index contributed by atoms with van der Waals surface area (Å²) in [6.07, 6.45) is 8.34. The molecule has 1 saturated heterocycles. The molecule has 2 heterocycles. The number of H-pyrrole nitrogens is 1. The van der Waals surface area contributed by atoms with Gasteiger partial charge in [0.1, 0.15) is 10.5 Å². The summed E-state index contributed by atoms with van der Waals surface area (Å²) < 4.78 is 6.38. The van der Waals surface area contributed by atoms with Crippen LogP contribution in [-0.2, 0) is 17.6 Å². The van der Waals surface area contributed by atoms with Crippen molar-refractivity contribution in [1.29, 1.82) is 0 Å². The van der Waals surface area contributed by atoms with Crippen LogP contribution in [0.15, 0.2) is 0 Å². The number of nitrogens with zero attached hydrogens (tertiary/aromatic N) is 1. The van der Waals surface area contributed by atoms with Crippen LogP contribution in [0.4, 0.5) is 0 Å². The van der Waals surface area contributed by atoms with E-state index >= 15 is 0 Å². The van der Waals surface area contributed by atoms with Gasteiger partial charge in [0.15, 0.2) is 0 Å². The Morgan fingerprint density at radius 3 is 2.89 bits per heavy atom. The molecule has 1 N–H and O–H groups in total. The van der Waals surface area contributed by atoms with E-state index in [0.717, 1.165) is 49.4 Å². The summed E-state index contributed by atoms with van der Waals surface area (Å²) in [6.45, 7) is 1.68. The standard InChI is InChI=1S/C14H20N2OS/c18-14-11-6-2-1-3-7-12(11)15-13(16-14)10-5-4-8-17-9-10/h10H,1-9H2,(H,15,16,18). The van der Waals surface area contributed by atoms with Crippen LogP contribution in [0, 0.1) is 4.64 Å². The molecule has 1 aliphatic heterocycles. The van der Waals surface area contributed by atoms with Crippen molar-refractivity contribution in [3.8, 4) is 0 Å². The Hall–Kier alpha value is -0.740. The first kappa shape index (κ1) is 12.3. The zero-order valence-electron chi connectivity index (χ0n) is 10.7. The van der Waals surface area contributed by atoms with Crippen LogP contribution in [0.1, 0.15) is 55.1 Å². The molecule has 98 valence electrons. The number of nitrogens with one attached hydrogen (secondary N) is 1. The highest BCUT2D eigenvalue weighted by atomic mass is 32.1. The lowest BCUT2D eigenvalue weighted by molar-refractivity contribution is 0.0779. The normalized spacial score (nSPS) is 24.3. The predicted molar refractivity (Wildman–Crippen MR) is 73.5 cm³/mol. The van der Waals surface area contributed by atoms with Gasteiger partial charge in [0.2, 0.25) is 0 Å². The quantitative estimate of drug-likeness (QED) is 0.624. The number of fused-ring (bicyclic) bond motifs is 1. The van der Waals surface area contributed by atoms with Gasteiger partial charge in [0.25, 0.3) is 0 Å². The van der Waals surface area contributed by atoms with Gasteiger partial charge in [-0.25, -0.2) is 4.98 Å². The van der Waals surface area contributed by atoms with Crippen molar-refractivity contribution in [2.75, 3.05) is 13.2 Å². The number of hydrogen-bond acceptors (Lipinski definition) is 3. The molecule has 0 aromatic carbocycles. The monoisotopic (exact) mass is 264 g/mol. The summed E-state index contributed by atoms with van der Waals surface area (Å²) in [6, 6.07) is 0. The summed E-state index contributed by atoms with van der Waals surface area (Å²) in [5.74, 6) is 1.47. The van der Waals surface area contributed by atoms with Crippen molar-refractivity contribution in [3.63, 3.8) is 0 Å². The Labute approximate surface area is 113 Å². The number of hydrogen-bond donors (Lipinski definition) is 1. The van der Waals surface area contributed by atoms with E-state index in [-0.39, 0.29) is 0 Å². The third-order valence-corrected chi connectivity index (χ3v) is 4.36. The Balaban J connectivity index is 1.94. The molecule has 2 aliphatic rings. The Bertz CT molecular complexity index is 477. The van der Waals surface area contributed by atoms with Crippen molar-refractivity contribution >= 4 is 12.2 Å². The maximum absolute atomic E-state index is 5.55. The van der Waals surface area contributed by atoms with Crippen LogP contribution in [0.3, 0.4) is 0 Å². The molecule has 1 atom stereocenters. The summed E-state index contributed by atoms with van der Waals surface area (Å²) in [5, 5.41) is 0. The second kappa shape index (κ2) is 5.49. The molecule has 1 fully saturated rings. The molecule has 4 heteroatoms. The van der Waals surface area contributed by atoms with E-state index in [2.05, 4.69) is 9.97 Å². The maximum atomic E-state index is 5.55. The van der Waals surface area contributed by atoms with Crippen molar-refractivity contribution in [2.45, 2.75) is 50.9 Å². The molecule has 0 spiro atoms. The number of rotatable bonds is 1. The van der Waals surface area contributed by atoms with Gasteiger partial charge in [-0.2, -0.15) is 0 Å². The first-order valence-electron chi connectivity index (χ1n) is 7.04. The zero-order valence-corrected chi connectivity index (χ0v) is 11.5. The van der Waals surface area contributed by atoms with Crippen molar-refractivity contribution in [3.05, 3.63) is 21.7 Å².